The molecule has 9 heteroatoms. The van der Waals surface area contributed by atoms with E-state index >= 15 is 0 Å². The highest BCUT2D eigenvalue weighted by molar-refractivity contribution is 5.56. The van der Waals surface area contributed by atoms with Gasteiger partial charge in [-0.15, -0.1) is 0 Å². The Morgan fingerprint density at radius 2 is 1.77 bits per heavy atom. The molecule has 2 aliphatic rings. The van der Waals surface area contributed by atoms with Crippen LogP contribution >= 0.6 is 0 Å². The van der Waals surface area contributed by atoms with E-state index in [1.54, 1.807) is 29.2 Å². The first-order valence-electron chi connectivity index (χ1n) is 10.7. The van der Waals surface area contributed by atoms with E-state index in [1.807, 2.05) is 12.1 Å². The molecule has 5 rings (SSSR count). The molecule has 0 bridgehead atoms. The lowest BCUT2D eigenvalue weighted by atomic mass is 10.1. The van der Waals surface area contributed by atoms with Gasteiger partial charge in [0.05, 0.1) is 25.5 Å². The van der Waals surface area contributed by atoms with Gasteiger partial charge in [-0.25, -0.2) is 4.68 Å². The zero-order valence-corrected chi connectivity index (χ0v) is 17.4. The number of fused-ring (bicyclic) bond motifs is 1. The van der Waals surface area contributed by atoms with Crippen LogP contribution in [0.2, 0.25) is 0 Å². The van der Waals surface area contributed by atoms with Gasteiger partial charge in [0.25, 0.3) is 5.56 Å². The van der Waals surface area contributed by atoms with Crippen LogP contribution in [0.3, 0.4) is 0 Å². The number of nitrogens with zero attached hydrogens (tertiary/aromatic N) is 6. The van der Waals surface area contributed by atoms with Crippen LogP contribution < -0.4 is 5.56 Å². The molecule has 0 radical (unpaired) electrons. The Labute approximate surface area is 180 Å². The Bertz CT molecular complexity index is 1070. The highest BCUT2D eigenvalue weighted by atomic mass is 16.5. The van der Waals surface area contributed by atoms with Crippen LogP contribution in [0.25, 0.3) is 11.3 Å². The summed E-state index contributed by atoms with van der Waals surface area (Å²) in [4.78, 5) is 21.1. The Balaban J connectivity index is 1.15. The zero-order chi connectivity index (χ0) is 21.0. The summed E-state index contributed by atoms with van der Waals surface area (Å²) < 4.78 is 12.6. The van der Waals surface area contributed by atoms with Crippen molar-refractivity contribution in [3.63, 3.8) is 0 Å². The van der Waals surface area contributed by atoms with Crippen molar-refractivity contribution in [2.24, 2.45) is 0 Å². The molecule has 1 fully saturated rings. The molecule has 5 heterocycles. The molecule has 0 saturated carbocycles. The van der Waals surface area contributed by atoms with E-state index in [0.29, 0.717) is 19.8 Å². The van der Waals surface area contributed by atoms with Crippen molar-refractivity contribution in [3.8, 4) is 11.3 Å². The molecular formula is C22H26N6O3. The van der Waals surface area contributed by atoms with Crippen LogP contribution in [0.4, 0.5) is 0 Å². The molecule has 0 atom stereocenters. The molecule has 0 aliphatic carbocycles. The van der Waals surface area contributed by atoms with Crippen LogP contribution in [0.1, 0.15) is 17.0 Å². The summed E-state index contributed by atoms with van der Waals surface area (Å²) in [6.07, 6.45) is 4.27. The van der Waals surface area contributed by atoms with Crippen molar-refractivity contribution in [2.75, 3.05) is 39.3 Å². The second kappa shape index (κ2) is 9.09. The van der Waals surface area contributed by atoms with E-state index in [-0.39, 0.29) is 5.56 Å². The predicted molar refractivity (Wildman–Crippen MR) is 113 cm³/mol. The van der Waals surface area contributed by atoms with Gasteiger partial charge in [-0.05, 0) is 18.2 Å². The van der Waals surface area contributed by atoms with Crippen molar-refractivity contribution >= 4 is 0 Å². The molecule has 162 valence electrons. The van der Waals surface area contributed by atoms with Gasteiger partial charge in [-0.1, -0.05) is 5.16 Å². The molecular weight excluding hydrogens is 396 g/mol. The molecule has 9 nitrogen and oxygen atoms in total. The van der Waals surface area contributed by atoms with Crippen molar-refractivity contribution in [1.29, 1.82) is 0 Å². The number of rotatable bonds is 6. The average molecular weight is 422 g/mol. The highest BCUT2D eigenvalue weighted by Gasteiger charge is 2.23. The molecule has 3 aromatic rings. The zero-order valence-electron chi connectivity index (χ0n) is 17.4. The standard InChI is InChI=1S/C22H26N6O3/c29-22-2-1-19(17-3-6-23-7-4-17)24-28(22)13-12-26-8-10-27(11-9-26)15-20-18-16-30-14-5-21(18)31-25-20/h1-4,6-7H,5,8-16H2. The Morgan fingerprint density at radius 1 is 0.968 bits per heavy atom. The smallest absolute Gasteiger partial charge is 0.266 e. The summed E-state index contributed by atoms with van der Waals surface area (Å²) in [5, 5.41) is 8.81. The first kappa shape index (κ1) is 20.0. The number of hydrogen-bond acceptors (Lipinski definition) is 8. The summed E-state index contributed by atoms with van der Waals surface area (Å²) >= 11 is 0. The van der Waals surface area contributed by atoms with Crippen molar-refractivity contribution < 1.29 is 9.26 Å². The van der Waals surface area contributed by atoms with E-state index in [1.165, 1.54) is 0 Å². The lowest BCUT2D eigenvalue weighted by Gasteiger charge is -2.34. The third-order valence-corrected chi connectivity index (χ3v) is 5.98. The number of ether oxygens (including phenoxy) is 1. The lowest BCUT2D eigenvalue weighted by molar-refractivity contribution is 0.101. The normalized spacial score (nSPS) is 17.5. The summed E-state index contributed by atoms with van der Waals surface area (Å²) in [6.45, 7) is 7.32. The molecule has 0 amide bonds. The van der Waals surface area contributed by atoms with Gasteiger partial charge in [0.1, 0.15) is 11.5 Å². The number of hydrogen-bond donors (Lipinski definition) is 0. The molecule has 0 spiro atoms. The molecule has 0 aromatic carbocycles. The fourth-order valence-electron chi connectivity index (χ4n) is 4.11. The topological polar surface area (TPSA) is 89.5 Å². The largest absolute Gasteiger partial charge is 0.376 e. The molecule has 0 unspecified atom stereocenters. The van der Waals surface area contributed by atoms with Gasteiger partial charge in [-0.2, -0.15) is 5.10 Å². The predicted octanol–water partition coefficient (Wildman–Crippen LogP) is 1.18. The van der Waals surface area contributed by atoms with E-state index in [0.717, 1.165) is 74.0 Å². The summed E-state index contributed by atoms with van der Waals surface area (Å²) in [7, 11) is 0. The van der Waals surface area contributed by atoms with Crippen LogP contribution in [0.5, 0.6) is 0 Å². The summed E-state index contributed by atoms with van der Waals surface area (Å²) in [6, 6.07) is 7.15. The van der Waals surface area contributed by atoms with Crippen molar-refractivity contribution in [1.82, 2.24) is 29.7 Å². The third kappa shape index (κ3) is 4.58. The maximum Gasteiger partial charge on any atom is 0.266 e. The van der Waals surface area contributed by atoms with Crippen molar-refractivity contribution in [2.45, 2.75) is 26.1 Å². The molecule has 2 aliphatic heterocycles. The van der Waals surface area contributed by atoms with Gasteiger partial charge in [0.15, 0.2) is 0 Å². The monoisotopic (exact) mass is 422 g/mol. The van der Waals surface area contributed by atoms with Crippen LogP contribution in [0.15, 0.2) is 46.0 Å². The van der Waals surface area contributed by atoms with Gasteiger partial charge >= 0.3 is 0 Å². The summed E-state index contributed by atoms with van der Waals surface area (Å²) in [5.74, 6) is 0.979. The third-order valence-electron chi connectivity index (χ3n) is 5.98. The van der Waals surface area contributed by atoms with Crippen LogP contribution in [-0.4, -0.2) is 69.1 Å². The van der Waals surface area contributed by atoms with Gasteiger partial charge in [0, 0.05) is 75.3 Å². The van der Waals surface area contributed by atoms with Crippen LogP contribution in [0, 0.1) is 0 Å². The molecule has 0 N–H and O–H groups in total. The van der Waals surface area contributed by atoms with Crippen LogP contribution in [-0.2, 0) is 30.9 Å². The van der Waals surface area contributed by atoms with Gasteiger partial charge in [0.2, 0.25) is 0 Å². The Kier molecular flexibility index (Phi) is 5.88. The lowest BCUT2D eigenvalue weighted by Crippen LogP contribution is -2.47. The second-order valence-corrected chi connectivity index (χ2v) is 7.97. The quantitative estimate of drug-likeness (QED) is 0.585. The fourth-order valence-corrected chi connectivity index (χ4v) is 4.11. The number of piperazine rings is 1. The van der Waals surface area contributed by atoms with Gasteiger partial charge < -0.3 is 9.26 Å². The number of aromatic nitrogens is 4. The molecule has 1 saturated heterocycles. The number of pyridine rings is 1. The summed E-state index contributed by atoms with van der Waals surface area (Å²) in [5.41, 5.74) is 3.80. The maximum absolute atomic E-state index is 12.3. The fraction of sp³-hybridized carbons (Fsp3) is 0.455. The SMILES string of the molecule is O=c1ccc(-c2ccncc2)nn1CCN1CCN(Cc2noc3c2COCC3)CC1. The van der Waals surface area contributed by atoms with E-state index < -0.39 is 0 Å². The van der Waals surface area contributed by atoms with Crippen molar-refractivity contribution in [3.05, 3.63) is 64.0 Å². The Morgan fingerprint density at radius 3 is 2.61 bits per heavy atom. The first-order valence-corrected chi connectivity index (χ1v) is 10.7. The minimum atomic E-state index is -0.0746. The van der Waals surface area contributed by atoms with E-state index in [9.17, 15) is 4.79 Å². The minimum absolute atomic E-state index is 0.0746. The molecule has 31 heavy (non-hydrogen) atoms. The minimum Gasteiger partial charge on any atom is -0.376 e. The second-order valence-electron chi connectivity index (χ2n) is 7.97. The molecule has 3 aromatic heterocycles. The van der Waals surface area contributed by atoms with Gasteiger partial charge in [-0.3, -0.25) is 19.6 Å². The Hall–Kier alpha value is -2.88. The van der Waals surface area contributed by atoms with E-state index in [2.05, 4.69) is 25.0 Å². The average Bonchev–Trinajstić information content (AvgIpc) is 3.23. The van der Waals surface area contributed by atoms with E-state index in [4.69, 9.17) is 9.26 Å². The highest BCUT2D eigenvalue weighted by Crippen LogP contribution is 2.22. The maximum atomic E-state index is 12.3. The first-order chi connectivity index (χ1) is 15.3.